The number of hydrogen-bond acceptors (Lipinski definition) is 3. The molecule has 1 saturated carbocycles. The maximum absolute atomic E-state index is 5.95. The van der Waals surface area contributed by atoms with Crippen LogP contribution in [0.3, 0.4) is 0 Å². The largest absolute Gasteiger partial charge is 0.372 e. The second-order valence-corrected chi connectivity index (χ2v) is 5.84. The molecule has 18 heavy (non-hydrogen) atoms. The van der Waals surface area contributed by atoms with Crippen molar-refractivity contribution in [3.63, 3.8) is 0 Å². The first-order valence-corrected chi connectivity index (χ1v) is 7.12. The van der Waals surface area contributed by atoms with Crippen molar-refractivity contribution in [1.82, 2.24) is 14.9 Å². The first-order valence-electron chi connectivity index (χ1n) is 7.12. The molecule has 0 bridgehead atoms. The molecule has 1 aromatic rings. The maximum Gasteiger partial charge on any atom is 0.103 e. The van der Waals surface area contributed by atoms with Crippen LogP contribution in [-0.2, 0) is 4.74 Å². The highest BCUT2D eigenvalue weighted by molar-refractivity contribution is 5.08. The van der Waals surface area contributed by atoms with Crippen molar-refractivity contribution in [3.8, 4) is 0 Å². The van der Waals surface area contributed by atoms with Crippen LogP contribution in [-0.4, -0.2) is 28.7 Å². The Morgan fingerprint density at radius 3 is 3.00 bits per heavy atom. The lowest BCUT2D eigenvalue weighted by molar-refractivity contribution is 0.0830. The van der Waals surface area contributed by atoms with E-state index in [4.69, 9.17) is 4.74 Å². The molecule has 4 heteroatoms. The van der Waals surface area contributed by atoms with Crippen molar-refractivity contribution >= 4 is 0 Å². The highest BCUT2D eigenvalue weighted by Gasteiger charge is 2.33. The summed E-state index contributed by atoms with van der Waals surface area (Å²) < 4.78 is 8.19. The number of aromatic nitrogens is 2. The van der Waals surface area contributed by atoms with Crippen LogP contribution < -0.4 is 5.32 Å². The zero-order valence-electron chi connectivity index (χ0n) is 11.3. The van der Waals surface area contributed by atoms with Crippen molar-refractivity contribution in [2.75, 3.05) is 13.2 Å². The van der Waals surface area contributed by atoms with Crippen LogP contribution in [0.2, 0.25) is 0 Å². The molecule has 0 aromatic carbocycles. The summed E-state index contributed by atoms with van der Waals surface area (Å²) in [6.07, 6.45) is 7.98. The number of rotatable bonds is 5. The van der Waals surface area contributed by atoms with Crippen LogP contribution in [0.1, 0.15) is 50.9 Å². The second kappa shape index (κ2) is 5.02. The predicted molar refractivity (Wildman–Crippen MR) is 70.4 cm³/mol. The molecule has 2 aliphatic rings. The first kappa shape index (κ1) is 12.2. The average molecular weight is 249 g/mol. The zero-order chi connectivity index (χ0) is 12.5. The van der Waals surface area contributed by atoms with Gasteiger partial charge in [0.1, 0.15) is 6.10 Å². The molecule has 2 unspecified atom stereocenters. The van der Waals surface area contributed by atoms with Crippen LogP contribution in [0.4, 0.5) is 0 Å². The van der Waals surface area contributed by atoms with Gasteiger partial charge in [0.2, 0.25) is 0 Å². The predicted octanol–water partition coefficient (Wildman–Crippen LogP) is 2.29. The third-order valence-electron chi connectivity index (χ3n) is 4.00. The van der Waals surface area contributed by atoms with E-state index in [2.05, 4.69) is 28.7 Å². The fraction of sp³-hybridized carbons (Fsp3) is 0.786. The van der Waals surface area contributed by atoms with Crippen molar-refractivity contribution in [1.29, 1.82) is 0 Å². The van der Waals surface area contributed by atoms with Gasteiger partial charge in [-0.2, -0.15) is 0 Å². The molecule has 100 valence electrons. The summed E-state index contributed by atoms with van der Waals surface area (Å²) in [6, 6.07) is 1.23. The third kappa shape index (κ3) is 2.45. The van der Waals surface area contributed by atoms with Gasteiger partial charge in [0, 0.05) is 31.2 Å². The van der Waals surface area contributed by atoms with Gasteiger partial charge in [-0.3, -0.25) is 0 Å². The van der Waals surface area contributed by atoms with E-state index in [1.165, 1.54) is 18.5 Å². The molecule has 2 fully saturated rings. The van der Waals surface area contributed by atoms with Crippen molar-refractivity contribution < 1.29 is 4.74 Å². The van der Waals surface area contributed by atoms with Gasteiger partial charge < -0.3 is 14.6 Å². The fourth-order valence-electron chi connectivity index (χ4n) is 2.74. The Labute approximate surface area is 109 Å². The van der Waals surface area contributed by atoms with Gasteiger partial charge >= 0.3 is 0 Å². The molecule has 0 amide bonds. The third-order valence-corrected chi connectivity index (χ3v) is 4.00. The highest BCUT2D eigenvalue weighted by Crippen LogP contribution is 2.35. The van der Waals surface area contributed by atoms with Crippen LogP contribution in [0.15, 0.2) is 12.5 Å². The van der Waals surface area contributed by atoms with Gasteiger partial charge in [0.15, 0.2) is 0 Å². The van der Waals surface area contributed by atoms with E-state index in [0.717, 1.165) is 25.6 Å². The highest BCUT2D eigenvalue weighted by atomic mass is 16.5. The molecule has 0 radical (unpaired) electrons. The molecule has 3 rings (SSSR count). The minimum Gasteiger partial charge on any atom is -0.372 e. The lowest BCUT2D eigenvalue weighted by Crippen LogP contribution is -2.27. The molecule has 1 aromatic heterocycles. The van der Waals surface area contributed by atoms with E-state index in [0.29, 0.717) is 12.0 Å². The monoisotopic (exact) mass is 249 g/mol. The average Bonchev–Trinajstić information content (AvgIpc) is 2.89. The number of ether oxygens (including phenoxy) is 1. The molecule has 1 saturated heterocycles. The topological polar surface area (TPSA) is 39.1 Å². The second-order valence-electron chi connectivity index (χ2n) is 5.84. The quantitative estimate of drug-likeness (QED) is 0.870. The summed E-state index contributed by atoms with van der Waals surface area (Å²) in [6.45, 7) is 6.35. The van der Waals surface area contributed by atoms with Gasteiger partial charge in [-0.15, -0.1) is 0 Å². The molecule has 1 N–H and O–H groups in total. The summed E-state index contributed by atoms with van der Waals surface area (Å²) >= 11 is 0. The standard InChI is InChI=1S/C14H23N3O/c1-10(2)17-9-15-8-13(17)14-11(5-6-18-14)7-16-12-3-4-12/h8-12,14,16H,3-7H2,1-2H3. The molecular weight excluding hydrogens is 226 g/mol. The minimum atomic E-state index is 0.223. The Hall–Kier alpha value is -0.870. The van der Waals surface area contributed by atoms with Crippen LogP contribution in [0.25, 0.3) is 0 Å². The number of nitrogens with one attached hydrogen (secondary N) is 1. The fourth-order valence-corrected chi connectivity index (χ4v) is 2.74. The van der Waals surface area contributed by atoms with E-state index >= 15 is 0 Å². The maximum atomic E-state index is 5.95. The van der Waals surface area contributed by atoms with Gasteiger partial charge in [-0.25, -0.2) is 4.98 Å². The number of imidazole rings is 1. The summed E-state index contributed by atoms with van der Waals surface area (Å²) in [5, 5.41) is 3.63. The summed E-state index contributed by atoms with van der Waals surface area (Å²) in [5.41, 5.74) is 1.24. The lowest BCUT2D eigenvalue weighted by Gasteiger charge is -2.22. The van der Waals surface area contributed by atoms with E-state index in [1.54, 1.807) is 0 Å². The Kier molecular flexibility index (Phi) is 3.39. The van der Waals surface area contributed by atoms with Crippen molar-refractivity contribution in [2.24, 2.45) is 5.92 Å². The normalized spacial score (nSPS) is 28.2. The minimum absolute atomic E-state index is 0.223. The van der Waals surface area contributed by atoms with Crippen LogP contribution in [0.5, 0.6) is 0 Å². The smallest absolute Gasteiger partial charge is 0.103 e. The number of nitrogens with zero attached hydrogens (tertiary/aromatic N) is 2. The van der Waals surface area contributed by atoms with E-state index in [1.807, 2.05) is 12.5 Å². The molecule has 0 spiro atoms. The molecular formula is C14H23N3O. The van der Waals surface area contributed by atoms with Crippen molar-refractivity contribution in [3.05, 3.63) is 18.2 Å². The van der Waals surface area contributed by atoms with Gasteiger partial charge in [0.25, 0.3) is 0 Å². The Balaban J connectivity index is 1.70. The van der Waals surface area contributed by atoms with E-state index in [9.17, 15) is 0 Å². The summed E-state index contributed by atoms with van der Waals surface area (Å²) in [7, 11) is 0. The number of hydrogen-bond donors (Lipinski definition) is 1. The Bertz CT molecular complexity index is 397. The Morgan fingerprint density at radius 1 is 1.44 bits per heavy atom. The zero-order valence-corrected chi connectivity index (χ0v) is 11.3. The van der Waals surface area contributed by atoms with Crippen molar-refractivity contribution in [2.45, 2.75) is 51.3 Å². The van der Waals surface area contributed by atoms with E-state index in [-0.39, 0.29) is 6.10 Å². The lowest BCUT2D eigenvalue weighted by atomic mass is 9.99. The molecule has 2 atom stereocenters. The first-order chi connectivity index (χ1) is 8.75. The van der Waals surface area contributed by atoms with E-state index < -0.39 is 0 Å². The molecule has 1 aliphatic carbocycles. The molecule has 1 aliphatic heterocycles. The molecule has 4 nitrogen and oxygen atoms in total. The summed E-state index contributed by atoms with van der Waals surface area (Å²) in [4.78, 5) is 4.29. The SMILES string of the molecule is CC(C)n1cncc1C1OCCC1CNC1CC1. The molecule has 2 heterocycles. The Morgan fingerprint density at radius 2 is 2.28 bits per heavy atom. The van der Waals surface area contributed by atoms with Crippen LogP contribution in [0, 0.1) is 5.92 Å². The van der Waals surface area contributed by atoms with Gasteiger partial charge in [-0.05, 0) is 33.1 Å². The summed E-state index contributed by atoms with van der Waals surface area (Å²) in [5.74, 6) is 0.597. The van der Waals surface area contributed by atoms with Gasteiger partial charge in [0.05, 0.1) is 18.2 Å². The van der Waals surface area contributed by atoms with Crippen LogP contribution >= 0.6 is 0 Å². The van der Waals surface area contributed by atoms with Gasteiger partial charge in [-0.1, -0.05) is 0 Å².